The summed E-state index contributed by atoms with van der Waals surface area (Å²) in [6.45, 7) is 3.76. The van der Waals surface area contributed by atoms with Crippen molar-refractivity contribution < 1.29 is 9.84 Å². The van der Waals surface area contributed by atoms with Crippen LogP contribution in [-0.4, -0.2) is 22.7 Å². The molecule has 1 aliphatic rings. The van der Waals surface area contributed by atoms with E-state index in [2.05, 4.69) is 22.4 Å². The first-order valence-corrected chi connectivity index (χ1v) is 9.58. The van der Waals surface area contributed by atoms with Gasteiger partial charge in [0.25, 0.3) is 0 Å². The highest BCUT2D eigenvalue weighted by molar-refractivity contribution is 7.09. The highest BCUT2D eigenvalue weighted by Crippen LogP contribution is 2.24. The van der Waals surface area contributed by atoms with Gasteiger partial charge in [-0.2, -0.15) is 0 Å². The molecular weight excluding hydrogens is 320 g/mol. The molecule has 0 unspecified atom stereocenters. The Balaban J connectivity index is 1.41. The average molecular weight is 346 g/mol. The second kappa shape index (κ2) is 8.60. The normalized spacial score (nSPS) is 20.9. The summed E-state index contributed by atoms with van der Waals surface area (Å²) in [4.78, 5) is 4.40. The quantitative estimate of drug-likeness (QED) is 0.803. The number of hydrogen-bond acceptors (Lipinski definition) is 5. The van der Waals surface area contributed by atoms with Crippen LogP contribution in [-0.2, 0) is 13.2 Å². The number of nitrogens with one attached hydrogen (secondary N) is 1. The molecule has 5 heteroatoms. The van der Waals surface area contributed by atoms with Crippen molar-refractivity contribution >= 4 is 11.3 Å². The minimum atomic E-state index is 0.342. The topological polar surface area (TPSA) is 54.4 Å². The van der Waals surface area contributed by atoms with Crippen LogP contribution in [0, 0.1) is 12.8 Å². The molecule has 3 rings (SSSR count). The van der Waals surface area contributed by atoms with Crippen molar-refractivity contribution in [1.82, 2.24) is 10.3 Å². The van der Waals surface area contributed by atoms with Gasteiger partial charge in [-0.1, -0.05) is 12.1 Å². The van der Waals surface area contributed by atoms with Crippen LogP contribution in [0.1, 0.15) is 41.9 Å². The predicted molar refractivity (Wildman–Crippen MR) is 97.3 cm³/mol. The lowest BCUT2D eigenvalue weighted by molar-refractivity contribution is 0.175. The highest BCUT2D eigenvalue weighted by atomic mass is 32.1. The molecule has 0 amide bonds. The van der Waals surface area contributed by atoms with Gasteiger partial charge < -0.3 is 15.2 Å². The summed E-state index contributed by atoms with van der Waals surface area (Å²) >= 11 is 1.65. The molecular formula is C19H26N2O2S. The van der Waals surface area contributed by atoms with Crippen LogP contribution in [0.3, 0.4) is 0 Å². The number of aliphatic hydroxyl groups is 1. The Kier molecular flexibility index (Phi) is 6.24. The van der Waals surface area contributed by atoms with Crippen molar-refractivity contribution in [3.63, 3.8) is 0 Å². The van der Waals surface area contributed by atoms with Crippen LogP contribution in [0.5, 0.6) is 5.75 Å². The Labute approximate surface area is 147 Å². The molecule has 1 saturated carbocycles. The summed E-state index contributed by atoms with van der Waals surface area (Å²) in [7, 11) is 0. The molecule has 0 atom stereocenters. The number of aryl methyl sites for hydroxylation is 1. The summed E-state index contributed by atoms with van der Waals surface area (Å²) in [5, 5.41) is 15.9. The molecule has 4 nitrogen and oxygen atoms in total. The molecule has 0 saturated heterocycles. The number of ether oxygens (including phenoxy) is 1. The summed E-state index contributed by atoms with van der Waals surface area (Å²) < 4.78 is 5.78. The molecule has 2 N–H and O–H groups in total. The van der Waals surface area contributed by atoms with Crippen molar-refractivity contribution in [2.24, 2.45) is 5.92 Å². The van der Waals surface area contributed by atoms with E-state index < -0.39 is 0 Å². The Morgan fingerprint density at radius 3 is 2.58 bits per heavy atom. The maximum atomic E-state index is 9.19. The van der Waals surface area contributed by atoms with Gasteiger partial charge in [0.1, 0.15) is 12.4 Å². The third-order valence-electron chi connectivity index (χ3n) is 4.68. The van der Waals surface area contributed by atoms with Crippen LogP contribution in [0.15, 0.2) is 29.6 Å². The zero-order valence-corrected chi connectivity index (χ0v) is 15.0. The van der Waals surface area contributed by atoms with Crippen LogP contribution >= 0.6 is 11.3 Å². The standard InChI is InChI=1S/C19H26N2O2S/c1-14-21-18(13-24-14)12-23-19-8-4-15(5-9-19)10-20-17-6-2-16(11-22)3-7-17/h4-5,8-9,13,16-17,20,22H,2-3,6-7,10-12H2,1H3. The number of thiazole rings is 1. The number of hydrogen-bond donors (Lipinski definition) is 2. The van der Waals surface area contributed by atoms with Gasteiger partial charge in [-0.3, -0.25) is 0 Å². The fourth-order valence-corrected chi connectivity index (χ4v) is 3.74. The molecule has 0 bridgehead atoms. The molecule has 0 spiro atoms. The smallest absolute Gasteiger partial charge is 0.131 e. The summed E-state index contributed by atoms with van der Waals surface area (Å²) in [6, 6.07) is 8.87. The lowest BCUT2D eigenvalue weighted by atomic mass is 9.86. The van der Waals surface area contributed by atoms with E-state index in [1.165, 1.54) is 18.4 Å². The van der Waals surface area contributed by atoms with Crippen LogP contribution in [0.25, 0.3) is 0 Å². The van der Waals surface area contributed by atoms with Crippen molar-refractivity contribution in [3.8, 4) is 5.75 Å². The molecule has 1 aromatic carbocycles. The monoisotopic (exact) mass is 346 g/mol. The van der Waals surface area contributed by atoms with E-state index >= 15 is 0 Å². The van der Waals surface area contributed by atoms with E-state index in [0.717, 1.165) is 35.8 Å². The lowest BCUT2D eigenvalue weighted by Gasteiger charge is -2.28. The molecule has 2 aromatic rings. The van der Waals surface area contributed by atoms with Crippen LogP contribution in [0.4, 0.5) is 0 Å². The van der Waals surface area contributed by atoms with Gasteiger partial charge in [-0.25, -0.2) is 4.98 Å². The molecule has 1 aromatic heterocycles. The second-order valence-electron chi connectivity index (χ2n) is 6.57. The Morgan fingerprint density at radius 1 is 1.21 bits per heavy atom. The zero-order chi connectivity index (χ0) is 16.8. The number of aromatic nitrogens is 1. The zero-order valence-electron chi connectivity index (χ0n) is 14.2. The maximum absolute atomic E-state index is 9.19. The van der Waals surface area contributed by atoms with Gasteiger partial charge in [-0.05, 0) is 56.2 Å². The molecule has 0 aliphatic heterocycles. The Bertz CT molecular complexity index is 619. The van der Waals surface area contributed by atoms with Gasteiger partial charge >= 0.3 is 0 Å². The van der Waals surface area contributed by atoms with Crippen molar-refractivity contribution in [2.75, 3.05) is 6.61 Å². The van der Waals surface area contributed by atoms with E-state index in [1.807, 2.05) is 24.4 Å². The van der Waals surface area contributed by atoms with Gasteiger partial charge in [0.15, 0.2) is 0 Å². The number of aliphatic hydroxyl groups excluding tert-OH is 1. The van der Waals surface area contributed by atoms with Gasteiger partial charge in [0.2, 0.25) is 0 Å². The molecule has 1 fully saturated rings. The first-order valence-electron chi connectivity index (χ1n) is 8.70. The SMILES string of the molecule is Cc1nc(COc2ccc(CNC3CCC(CO)CC3)cc2)cs1. The van der Waals surface area contributed by atoms with Crippen molar-refractivity contribution in [1.29, 1.82) is 0 Å². The van der Waals surface area contributed by atoms with Gasteiger partial charge in [0.05, 0.1) is 10.7 Å². The molecule has 0 radical (unpaired) electrons. The molecule has 1 aliphatic carbocycles. The first-order chi connectivity index (χ1) is 11.7. The summed E-state index contributed by atoms with van der Waals surface area (Å²) in [6.07, 6.45) is 4.60. The second-order valence-corrected chi connectivity index (χ2v) is 7.63. The largest absolute Gasteiger partial charge is 0.487 e. The number of benzene rings is 1. The average Bonchev–Trinajstić information content (AvgIpc) is 3.05. The first kappa shape index (κ1) is 17.4. The van der Waals surface area contributed by atoms with Crippen molar-refractivity contribution in [2.45, 2.75) is 51.8 Å². The third kappa shape index (κ3) is 5.03. The van der Waals surface area contributed by atoms with Crippen molar-refractivity contribution in [3.05, 3.63) is 45.9 Å². The van der Waals surface area contributed by atoms with Crippen LogP contribution < -0.4 is 10.1 Å². The Hall–Kier alpha value is -1.43. The fraction of sp³-hybridized carbons (Fsp3) is 0.526. The molecule has 130 valence electrons. The minimum absolute atomic E-state index is 0.342. The summed E-state index contributed by atoms with van der Waals surface area (Å²) in [5.41, 5.74) is 2.26. The highest BCUT2D eigenvalue weighted by Gasteiger charge is 2.19. The third-order valence-corrected chi connectivity index (χ3v) is 5.50. The van der Waals surface area contributed by atoms with Gasteiger partial charge in [-0.15, -0.1) is 11.3 Å². The fourth-order valence-electron chi connectivity index (χ4n) is 3.15. The number of nitrogens with zero attached hydrogens (tertiary/aromatic N) is 1. The summed E-state index contributed by atoms with van der Waals surface area (Å²) in [5.74, 6) is 1.40. The van der Waals surface area contributed by atoms with Gasteiger partial charge in [0, 0.05) is 24.6 Å². The van der Waals surface area contributed by atoms with E-state index in [0.29, 0.717) is 25.2 Å². The maximum Gasteiger partial charge on any atom is 0.131 e. The predicted octanol–water partition coefficient (Wildman–Crippen LogP) is 3.67. The van der Waals surface area contributed by atoms with E-state index in [4.69, 9.17) is 4.74 Å². The lowest BCUT2D eigenvalue weighted by Crippen LogP contribution is -2.33. The van der Waals surface area contributed by atoms with E-state index in [9.17, 15) is 5.11 Å². The number of rotatable bonds is 7. The Morgan fingerprint density at radius 2 is 1.96 bits per heavy atom. The van der Waals surface area contributed by atoms with E-state index in [1.54, 1.807) is 11.3 Å². The minimum Gasteiger partial charge on any atom is -0.487 e. The van der Waals surface area contributed by atoms with Crippen LogP contribution in [0.2, 0.25) is 0 Å². The molecule has 24 heavy (non-hydrogen) atoms. The van der Waals surface area contributed by atoms with E-state index in [-0.39, 0.29) is 0 Å². The molecule has 1 heterocycles.